The normalized spacial score (nSPS) is 37.5. The Labute approximate surface area is 96.9 Å². The maximum absolute atomic E-state index is 11.7. The Balaban J connectivity index is 1.93. The number of carbonyl (C=O) groups is 1. The number of fused-ring (bicyclic) bond motifs is 2. The number of hydrogen-bond acceptors (Lipinski definition) is 3. The molecule has 0 radical (unpaired) electrons. The third kappa shape index (κ3) is 2.32. The van der Waals surface area contributed by atoms with Gasteiger partial charge in [-0.15, -0.1) is 0 Å². The Hall–Kier alpha value is -0.770. The second-order valence-corrected chi connectivity index (χ2v) is 6.28. The van der Waals surface area contributed by atoms with Crippen LogP contribution >= 0.6 is 0 Å². The highest BCUT2D eigenvalue weighted by atomic mass is 16.6. The minimum absolute atomic E-state index is 0.0770. The van der Waals surface area contributed by atoms with Crippen LogP contribution in [-0.2, 0) is 4.74 Å². The van der Waals surface area contributed by atoms with Gasteiger partial charge in [0, 0.05) is 11.6 Å². The van der Waals surface area contributed by atoms with Crippen molar-refractivity contribution in [1.82, 2.24) is 5.32 Å². The van der Waals surface area contributed by atoms with Crippen molar-refractivity contribution in [3.8, 4) is 0 Å². The third-order valence-electron chi connectivity index (χ3n) is 3.64. The Morgan fingerprint density at radius 2 is 2.12 bits per heavy atom. The highest BCUT2D eigenvalue weighted by molar-refractivity contribution is 5.69. The van der Waals surface area contributed by atoms with E-state index in [1.807, 2.05) is 20.8 Å². The van der Waals surface area contributed by atoms with Crippen LogP contribution in [0.1, 0.15) is 46.5 Å². The number of nitrogens with one attached hydrogen (secondary N) is 1. The standard InChI is InChI=1S/C12H22N2O2/c1-11(2,3)16-10(15)14-12-5-4-8(6-12)9(13)7-12/h8-9H,4-7,13H2,1-3H3,(H,14,15). The van der Waals surface area contributed by atoms with Crippen molar-refractivity contribution in [1.29, 1.82) is 0 Å². The molecule has 16 heavy (non-hydrogen) atoms. The van der Waals surface area contributed by atoms with Crippen LogP contribution < -0.4 is 11.1 Å². The number of carbonyl (C=O) groups excluding carboxylic acids is 1. The van der Waals surface area contributed by atoms with E-state index in [0.717, 1.165) is 25.7 Å². The molecule has 0 aromatic carbocycles. The molecule has 4 heteroatoms. The van der Waals surface area contributed by atoms with E-state index >= 15 is 0 Å². The van der Waals surface area contributed by atoms with Gasteiger partial charge in [0.25, 0.3) is 0 Å². The topological polar surface area (TPSA) is 64.3 Å². The molecule has 0 aliphatic heterocycles. The molecule has 3 atom stereocenters. The Morgan fingerprint density at radius 1 is 1.44 bits per heavy atom. The van der Waals surface area contributed by atoms with Crippen molar-refractivity contribution in [3.63, 3.8) is 0 Å². The molecule has 0 saturated heterocycles. The zero-order valence-corrected chi connectivity index (χ0v) is 10.4. The predicted molar refractivity (Wildman–Crippen MR) is 62.0 cm³/mol. The number of amides is 1. The van der Waals surface area contributed by atoms with Crippen LogP contribution in [0.25, 0.3) is 0 Å². The summed E-state index contributed by atoms with van der Waals surface area (Å²) in [5.74, 6) is 0.593. The lowest BCUT2D eigenvalue weighted by Gasteiger charge is -2.31. The molecule has 3 N–H and O–H groups in total. The lowest BCUT2D eigenvalue weighted by Crippen LogP contribution is -2.48. The minimum Gasteiger partial charge on any atom is -0.444 e. The van der Waals surface area contributed by atoms with Gasteiger partial charge in [-0.3, -0.25) is 0 Å². The van der Waals surface area contributed by atoms with Gasteiger partial charge < -0.3 is 15.8 Å². The summed E-state index contributed by atoms with van der Waals surface area (Å²) in [5.41, 5.74) is 5.51. The van der Waals surface area contributed by atoms with E-state index in [4.69, 9.17) is 10.5 Å². The molecule has 2 rings (SSSR count). The number of ether oxygens (including phenoxy) is 1. The minimum atomic E-state index is -0.431. The van der Waals surface area contributed by atoms with Gasteiger partial charge >= 0.3 is 6.09 Å². The summed E-state index contributed by atoms with van der Waals surface area (Å²) in [5, 5.41) is 3.03. The predicted octanol–water partition coefficient (Wildman–Crippen LogP) is 1.78. The molecule has 92 valence electrons. The van der Waals surface area contributed by atoms with E-state index in [2.05, 4.69) is 5.32 Å². The summed E-state index contributed by atoms with van der Waals surface area (Å²) >= 11 is 0. The summed E-state index contributed by atoms with van der Waals surface area (Å²) in [6.07, 6.45) is 3.80. The van der Waals surface area contributed by atoms with Crippen LogP contribution in [-0.4, -0.2) is 23.3 Å². The first-order valence-corrected chi connectivity index (χ1v) is 6.06. The molecule has 2 saturated carbocycles. The monoisotopic (exact) mass is 226 g/mol. The van der Waals surface area contributed by atoms with Crippen LogP contribution in [0.3, 0.4) is 0 Å². The Bertz CT molecular complexity index is 294. The van der Waals surface area contributed by atoms with Crippen molar-refractivity contribution in [2.24, 2.45) is 11.7 Å². The van der Waals surface area contributed by atoms with E-state index in [9.17, 15) is 4.79 Å². The molecule has 3 unspecified atom stereocenters. The highest BCUT2D eigenvalue weighted by Gasteiger charge is 2.50. The van der Waals surface area contributed by atoms with Gasteiger partial charge in [0.15, 0.2) is 0 Å². The van der Waals surface area contributed by atoms with Crippen LogP contribution in [0.15, 0.2) is 0 Å². The third-order valence-corrected chi connectivity index (χ3v) is 3.64. The van der Waals surface area contributed by atoms with Gasteiger partial charge in [0.1, 0.15) is 5.60 Å². The first-order valence-electron chi connectivity index (χ1n) is 6.06. The van der Waals surface area contributed by atoms with Crippen molar-refractivity contribution in [2.75, 3.05) is 0 Å². The lowest BCUT2D eigenvalue weighted by atomic mass is 9.91. The average molecular weight is 226 g/mol. The van der Waals surface area contributed by atoms with Crippen LogP contribution in [0, 0.1) is 5.92 Å². The second-order valence-electron chi connectivity index (χ2n) is 6.28. The molecule has 2 aliphatic rings. The number of hydrogen-bond donors (Lipinski definition) is 2. The van der Waals surface area contributed by atoms with Crippen LogP contribution in [0.5, 0.6) is 0 Å². The summed E-state index contributed by atoms with van der Waals surface area (Å²) in [4.78, 5) is 11.7. The van der Waals surface area contributed by atoms with Crippen molar-refractivity contribution < 1.29 is 9.53 Å². The average Bonchev–Trinajstić information content (AvgIpc) is 2.55. The largest absolute Gasteiger partial charge is 0.444 e. The smallest absolute Gasteiger partial charge is 0.408 e. The fourth-order valence-electron chi connectivity index (χ4n) is 3.02. The fraction of sp³-hybridized carbons (Fsp3) is 0.917. The van der Waals surface area contributed by atoms with Crippen molar-refractivity contribution >= 4 is 6.09 Å². The van der Waals surface area contributed by atoms with Crippen molar-refractivity contribution in [3.05, 3.63) is 0 Å². The summed E-state index contributed by atoms with van der Waals surface area (Å²) in [6, 6.07) is 0.253. The van der Waals surface area contributed by atoms with Gasteiger partial charge in [-0.1, -0.05) is 0 Å². The van der Waals surface area contributed by atoms with Gasteiger partial charge in [0.2, 0.25) is 0 Å². The molecular formula is C12H22N2O2. The summed E-state index contributed by atoms with van der Waals surface area (Å²) < 4.78 is 5.29. The van der Waals surface area contributed by atoms with Gasteiger partial charge in [-0.2, -0.15) is 0 Å². The summed E-state index contributed by atoms with van der Waals surface area (Å²) in [7, 11) is 0. The molecule has 4 nitrogen and oxygen atoms in total. The van der Waals surface area contributed by atoms with E-state index in [-0.39, 0.29) is 17.7 Å². The molecule has 2 bridgehead atoms. The zero-order valence-electron chi connectivity index (χ0n) is 10.4. The maximum Gasteiger partial charge on any atom is 0.408 e. The second kappa shape index (κ2) is 3.62. The summed E-state index contributed by atoms with van der Waals surface area (Å²) in [6.45, 7) is 5.63. The molecule has 2 fully saturated rings. The van der Waals surface area contributed by atoms with Gasteiger partial charge in [-0.25, -0.2) is 4.79 Å². The molecule has 0 aromatic rings. The molecule has 0 spiro atoms. The first-order chi connectivity index (χ1) is 7.30. The SMILES string of the molecule is CC(C)(C)OC(=O)NC12CCC(C1)C(N)C2. The molecule has 1 amide bonds. The quantitative estimate of drug-likeness (QED) is 0.716. The van der Waals surface area contributed by atoms with E-state index < -0.39 is 5.60 Å². The van der Waals surface area contributed by atoms with E-state index in [1.54, 1.807) is 0 Å². The fourth-order valence-corrected chi connectivity index (χ4v) is 3.02. The number of alkyl carbamates (subject to hydrolysis) is 1. The Kier molecular flexibility index (Phi) is 2.65. The maximum atomic E-state index is 11.7. The first kappa shape index (κ1) is 11.7. The molecule has 0 heterocycles. The number of rotatable bonds is 1. The van der Waals surface area contributed by atoms with E-state index in [0.29, 0.717) is 5.92 Å². The zero-order chi connectivity index (χ0) is 12.0. The molecule has 2 aliphatic carbocycles. The van der Waals surface area contributed by atoms with Gasteiger partial charge in [-0.05, 0) is 52.4 Å². The van der Waals surface area contributed by atoms with Gasteiger partial charge in [0.05, 0.1) is 0 Å². The van der Waals surface area contributed by atoms with Crippen LogP contribution in [0.2, 0.25) is 0 Å². The van der Waals surface area contributed by atoms with Crippen LogP contribution in [0.4, 0.5) is 4.79 Å². The number of nitrogens with two attached hydrogens (primary N) is 1. The highest BCUT2D eigenvalue weighted by Crippen LogP contribution is 2.46. The molecular weight excluding hydrogens is 204 g/mol. The Morgan fingerprint density at radius 3 is 2.56 bits per heavy atom. The van der Waals surface area contributed by atoms with Crippen molar-refractivity contribution in [2.45, 2.75) is 63.6 Å². The lowest BCUT2D eigenvalue weighted by molar-refractivity contribution is 0.0457. The van der Waals surface area contributed by atoms with E-state index in [1.165, 1.54) is 0 Å². The molecule has 0 aromatic heterocycles.